The van der Waals surface area contributed by atoms with Gasteiger partial charge in [-0.3, -0.25) is 0 Å². The lowest BCUT2D eigenvalue weighted by molar-refractivity contribution is -0.139. The van der Waals surface area contributed by atoms with Crippen molar-refractivity contribution < 1.29 is 19.1 Å². The van der Waals surface area contributed by atoms with Crippen LogP contribution in [0.4, 0.5) is 11.4 Å². The number of para-hydroxylation sites is 2. The summed E-state index contributed by atoms with van der Waals surface area (Å²) in [4.78, 5) is 29.1. The Balaban J connectivity index is 2.13. The molecule has 0 aromatic heterocycles. The van der Waals surface area contributed by atoms with Gasteiger partial charge < -0.3 is 19.3 Å². The molecule has 3 rings (SSSR count). The van der Waals surface area contributed by atoms with Crippen molar-refractivity contribution in [1.29, 1.82) is 0 Å². The van der Waals surface area contributed by atoms with E-state index >= 15 is 0 Å². The van der Waals surface area contributed by atoms with Gasteiger partial charge in [0.1, 0.15) is 5.70 Å². The average Bonchev–Trinajstić information content (AvgIpc) is 2.95. The first-order chi connectivity index (χ1) is 13.6. The predicted molar refractivity (Wildman–Crippen MR) is 109 cm³/mol. The zero-order chi connectivity index (χ0) is 20.1. The second-order valence-corrected chi connectivity index (χ2v) is 7.00. The second-order valence-electron chi connectivity index (χ2n) is 7.00. The van der Waals surface area contributed by atoms with Gasteiger partial charge in [-0.1, -0.05) is 25.1 Å². The number of methoxy groups -OCH3 is 2. The van der Waals surface area contributed by atoms with Gasteiger partial charge in [0.2, 0.25) is 0 Å². The molecule has 0 N–H and O–H groups in total. The summed E-state index contributed by atoms with van der Waals surface area (Å²) in [6.07, 6.45) is 9.17. The molecule has 1 saturated heterocycles. The highest BCUT2D eigenvalue weighted by Crippen LogP contribution is 2.36. The van der Waals surface area contributed by atoms with Crippen LogP contribution in [0.1, 0.15) is 19.8 Å². The second kappa shape index (κ2) is 8.78. The largest absolute Gasteiger partial charge is 0.465 e. The number of carbonyl (C=O) groups excluding carboxylic acids is 2. The smallest absolute Gasteiger partial charge is 0.355 e. The van der Waals surface area contributed by atoms with Crippen molar-refractivity contribution in [2.75, 3.05) is 37.1 Å². The van der Waals surface area contributed by atoms with Crippen molar-refractivity contribution in [3.8, 4) is 0 Å². The SMILES string of the molecule is COC(=O)C1=C(C(=O)OC)N(c2ccccc2N2CCCC(C)C2)C=CC=C1. The predicted octanol–water partition coefficient (Wildman–Crippen LogP) is 3.41. The Kier molecular flexibility index (Phi) is 6.19. The normalized spacial score (nSPS) is 19.5. The molecule has 1 fully saturated rings. The van der Waals surface area contributed by atoms with Gasteiger partial charge in [-0.05, 0) is 43.0 Å². The van der Waals surface area contributed by atoms with E-state index in [4.69, 9.17) is 9.47 Å². The van der Waals surface area contributed by atoms with Gasteiger partial charge in [0.05, 0.1) is 31.2 Å². The molecule has 2 heterocycles. The Morgan fingerprint density at radius 2 is 1.75 bits per heavy atom. The Morgan fingerprint density at radius 3 is 2.43 bits per heavy atom. The number of hydrogen-bond acceptors (Lipinski definition) is 6. The summed E-state index contributed by atoms with van der Waals surface area (Å²) in [7, 11) is 2.60. The first-order valence-corrected chi connectivity index (χ1v) is 9.45. The number of anilines is 2. The molecule has 1 aromatic carbocycles. The fourth-order valence-corrected chi connectivity index (χ4v) is 3.69. The molecule has 0 aliphatic carbocycles. The zero-order valence-corrected chi connectivity index (χ0v) is 16.6. The van der Waals surface area contributed by atoms with Crippen molar-refractivity contribution in [3.63, 3.8) is 0 Å². The molecule has 6 nitrogen and oxygen atoms in total. The van der Waals surface area contributed by atoms with E-state index in [9.17, 15) is 9.59 Å². The highest BCUT2D eigenvalue weighted by molar-refractivity contribution is 6.06. The van der Waals surface area contributed by atoms with Gasteiger partial charge in [0, 0.05) is 19.3 Å². The number of hydrogen-bond donors (Lipinski definition) is 0. The van der Waals surface area contributed by atoms with Crippen LogP contribution in [0.2, 0.25) is 0 Å². The first-order valence-electron chi connectivity index (χ1n) is 9.45. The summed E-state index contributed by atoms with van der Waals surface area (Å²) < 4.78 is 9.89. The summed E-state index contributed by atoms with van der Waals surface area (Å²) in [5, 5.41) is 0. The summed E-state index contributed by atoms with van der Waals surface area (Å²) >= 11 is 0. The summed E-state index contributed by atoms with van der Waals surface area (Å²) in [5.41, 5.74) is 2.13. The molecule has 1 aromatic rings. The van der Waals surface area contributed by atoms with E-state index in [0.717, 1.165) is 30.9 Å². The third-order valence-electron chi connectivity index (χ3n) is 5.03. The number of piperidine rings is 1. The van der Waals surface area contributed by atoms with Crippen molar-refractivity contribution in [1.82, 2.24) is 0 Å². The summed E-state index contributed by atoms with van der Waals surface area (Å²) in [5.74, 6) is -0.586. The Morgan fingerprint density at radius 1 is 1.04 bits per heavy atom. The molecule has 0 bridgehead atoms. The molecular formula is C22H26N2O4. The van der Waals surface area contributed by atoms with E-state index in [1.807, 2.05) is 24.3 Å². The molecular weight excluding hydrogens is 356 g/mol. The van der Waals surface area contributed by atoms with Gasteiger partial charge in [-0.2, -0.15) is 0 Å². The third-order valence-corrected chi connectivity index (χ3v) is 5.03. The van der Waals surface area contributed by atoms with E-state index in [-0.39, 0.29) is 11.3 Å². The van der Waals surface area contributed by atoms with Crippen LogP contribution in [0.3, 0.4) is 0 Å². The molecule has 0 amide bonds. The van der Waals surface area contributed by atoms with Gasteiger partial charge in [0.15, 0.2) is 0 Å². The van der Waals surface area contributed by atoms with Gasteiger partial charge >= 0.3 is 11.9 Å². The molecule has 28 heavy (non-hydrogen) atoms. The minimum Gasteiger partial charge on any atom is -0.465 e. The van der Waals surface area contributed by atoms with Crippen molar-refractivity contribution in [3.05, 3.63) is 60.0 Å². The van der Waals surface area contributed by atoms with Crippen molar-refractivity contribution in [2.24, 2.45) is 5.92 Å². The lowest BCUT2D eigenvalue weighted by Crippen LogP contribution is -2.36. The van der Waals surface area contributed by atoms with Crippen LogP contribution >= 0.6 is 0 Å². The Labute approximate surface area is 165 Å². The number of benzene rings is 1. The zero-order valence-electron chi connectivity index (χ0n) is 16.6. The topological polar surface area (TPSA) is 59.1 Å². The fourth-order valence-electron chi connectivity index (χ4n) is 3.69. The molecule has 1 atom stereocenters. The Bertz CT molecular complexity index is 841. The lowest BCUT2D eigenvalue weighted by atomic mass is 9.99. The highest BCUT2D eigenvalue weighted by atomic mass is 16.5. The standard InChI is InChI=1S/C22H26N2O4/c1-16-9-8-13-23(15-16)18-11-4-5-12-19(18)24-14-7-6-10-17(21(25)27-2)20(24)22(26)28-3/h4-7,10-12,14,16H,8-9,13,15H2,1-3H3. The van der Waals surface area contributed by atoms with Gasteiger partial charge in [-0.25, -0.2) is 9.59 Å². The maximum Gasteiger partial charge on any atom is 0.355 e. The quantitative estimate of drug-likeness (QED) is 0.744. The van der Waals surface area contributed by atoms with Gasteiger partial charge in [0.25, 0.3) is 0 Å². The third kappa shape index (κ3) is 3.96. The summed E-state index contributed by atoms with van der Waals surface area (Å²) in [6, 6.07) is 7.90. The average molecular weight is 382 g/mol. The molecule has 2 aliphatic rings. The number of nitrogens with zero attached hydrogens (tertiary/aromatic N) is 2. The van der Waals surface area contributed by atoms with E-state index in [0.29, 0.717) is 5.92 Å². The molecule has 1 unspecified atom stereocenters. The number of esters is 2. The number of allylic oxidation sites excluding steroid dienone is 2. The van der Waals surface area contributed by atoms with Crippen LogP contribution in [-0.2, 0) is 19.1 Å². The first kappa shape index (κ1) is 19.7. The van der Waals surface area contributed by atoms with Crippen LogP contribution < -0.4 is 9.80 Å². The maximum absolute atomic E-state index is 12.7. The molecule has 6 heteroatoms. The maximum atomic E-state index is 12.7. The lowest BCUT2D eigenvalue weighted by Gasteiger charge is -2.36. The van der Waals surface area contributed by atoms with Crippen molar-refractivity contribution >= 4 is 23.3 Å². The van der Waals surface area contributed by atoms with Crippen LogP contribution in [0.15, 0.2) is 60.0 Å². The van der Waals surface area contributed by atoms with E-state index in [2.05, 4.69) is 11.8 Å². The minimum atomic E-state index is -0.599. The summed E-state index contributed by atoms with van der Waals surface area (Å²) in [6.45, 7) is 4.16. The monoisotopic (exact) mass is 382 g/mol. The molecule has 0 spiro atoms. The van der Waals surface area contributed by atoms with Gasteiger partial charge in [-0.15, -0.1) is 0 Å². The molecule has 148 valence electrons. The van der Waals surface area contributed by atoms with Crippen LogP contribution in [0, 0.1) is 5.92 Å². The van der Waals surface area contributed by atoms with E-state index in [1.165, 1.54) is 20.6 Å². The molecule has 2 aliphatic heterocycles. The molecule has 0 saturated carbocycles. The number of carbonyl (C=O) groups is 2. The minimum absolute atomic E-state index is 0.136. The van der Waals surface area contributed by atoms with E-state index < -0.39 is 11.9 Å². The highest BCUT2D eigenvalue weighted by Gasteiger charge is 2.29. The fraction of sp³-hybridized carbons (Fsp3) is 0.364. The number of ether oxygens (including phenoxy) is 2. The molecule has 0 radical (unpaired) electrons. The van der Waals surface area contributed by atoms with Crippen LogP contribution in [0.25, 0.3) is 0 Å². The van der Waals surface area contributed by atoms with Crippen molar-refractivity contribution in [2.45, 2.75) is 19.8 Å². The van der Waals surface area contributed by atoms with Crippen LogP contribution in [-0.4, -0.2) is 39.2 Å². The number of rotatable bonds is 4. The van der Waals surface area contributed by atoms with E-state index in [1.54, 1.807) is 29.3 Å². The Hall–Kier alpha value is -3.02. The van der Waals surface area contributed by atoms with Crippen LogP contribution in [0.5, 0.6) is 0 Å².